The third-order valence-corrected chi connectivity index (χ3v) is 4.18. The van der Waals surface area contributed by atoms with Gasteiger partial charge in [-0.25, -0.2) is 4.79 Å². The highest BCUT2D eigenvalue weighted by atomic mass is 16.6. The predicted octanol–water partition coefficient (Wildman–Crippen LogP) is 3.19. The van der Waals surface area contributed by atoms with Gasteiger partial charge in [0.1, 0.15) is 29.1 Å². The van der Waals surface area contributed by atoms with Crippen molar-refractivity contribution in [2.24, 2.45) is 0 Å². The fraction of sp³-hybridized carbons (Fsp3) is 0.350. The number of ether oxygens (including phenoxy) is 3. The Morgan fingerprint density at radius 2 is 1.79 bits per heavy atom. The van der Waals surface area contributed by atoms with Gasteiger partial charge in [-0.3, -0.25) is 9.59 Å². The molecule has 8 nitrogen and oxygen atoms in total. The summed E-state index contributed by atoms with van der Waals surface area (Å²) in [7, 11) is 0. The molecule has 0 fully saturated rings. The number of esters is 2. The van der Waals surface area contributed by atoms with E-state index in [9.17, 15) is 14.4 Å². The molecule has 1 atom stereocenters. The normalized spacial score (nSPS) is 12.7. The van der Waals surface area contributed by atoms with Crippen molar-refractivity contribution in [1.29, 1.82) is 0 Å². The first kappa shape index (κ1) is 19.5. The summed E-state index contributed by atoms with van der Waals surface area (Å²) >= 11 is 0. The topological polar surface area (TPSA) is 105 Å². The minimum Gasteiger partial charge on any atom is -0.488 e. The van der Waals surface area contributed by atoms with Gasteiger partial charge in [0.25, 0.3) is 0 Å². The van der Waals surface area contributed by atoms with Gasteiger partial charge in [-0.1, -0.05) is 0 Å². The molecule has 0 bridgehead atoms. The number of hydrogen-bond acceptors (Lipinski definition) is 8. The fourth-order valence-corrected chi connectivity index (χ4v) is 2.94. The van der Waals surface area contributed by atoms with Crippen molar-refractivity contribution in [2.75, 3.05) is 6.61 Å². The van der Waals surface area contributed by atoms with Crippen LogP contribution in [0.15, 0.2) is 44.2 Å². The number of rotatable bonds is 6. The molecule has 0 aliphatic carbocycles. The molecular weight excluding hydrogens is 368 g/mol. The SMILES string of the molecule is CC(=O)O[C@H](COc1c2ccoc2cc2oc(=O)ccc12)C(C)(C)OC(C)=O. The smallest absolute Gasteiger partial charge is 0.336 e. The Morgan fingerprint density at radius 3 is 2.46 bits per heavy atom. The molecule has 0 radical (unpaired) electrons. The van der Waals surface area contributed by atoms with Crippen LogP contribution < -0.4 is 10.4 Å². The first-order valence-corrected chi connectivity index (χ1v) is 8.61. The van der Waals surface area contributed by atoms with Crippen molar-refractivity contribution in [3.05, 3.63) is 40.9 Å². The van der Waals surface area contributed by atoms with Crippen LogP contribution in [0.5, 0.6) is 5.75 Å². The lowest BCUT2D eigenvalue weighted by atomic mass is 10.0. The first-order valence-electron chi connectivity index (χ1n) is 8.61. The Morgan fingerprint density at radius 1 is 1.07 bits per heavy atom. The van der Waals surface area contributed by atoms with Gasteiger partial charge >= 0.3 is 17.6 Å². The Balaban J connectivity index is 1.99. The summed E-state index contributed by atoms with van der Waals surface area (Å²) in [6.07, 6.45) is 0.614. The van der Waals surface area contributed by atoms with Gasteiger partial charge < -0.3 is 23.0 Å². The van der Waals surface area contributed by atoms with Gasteiger partial charge in [0.05, 0.1) is 17.0 Å². The second-order valence-electron chi connectivity index (χ2n) is 6.81. The third kappa shape index (κ3) is 4.00. The number of furan rings is 1. The van der Waals surface area contributed by atoms with Crippen molar-refractivity contribution in [1.82, 2.24) is 0 Å². The average Bonchev–Trinajstić information content (AvgIpc) is 3.03. The first-order chi connectivity index (χ1) is 13.2. The Labute approximate surface area is 160 Å². The molecule has 2 heterocycles. The zero-order valence-electron chi connectivity index (χ0n) is 15.9. The van der Waals surface area contributed by atoms with Crippen LogP contribution in [-0.2, 0) is 19.1 Å². The van der Waals surface area contributed by atoms with Gasteiger partial charge in [-0.2, -0.15) is 0 Å². The fourth-order valence-electron chi connectivity index (χ4n) is 2.94. The lowest BCUT2D eigenvalue weighted by Crippen LogP contribution is -2.46. The van der Waals surface area contributed by atoms with Crippen LogP contribution in [0.3, 0.4) is 0 Å². The van der Waals surface area contributed by atoms with Crippen molar-refractivity contribution < 1.29 is 32.6 Å². The number of benzene rings is 1. The van der Waals surface area contributed by atoms with E-state index in [1.54, 1.807) is 32.0 Å². The van der Waals surface area contributed by atoms with Gasteiger partial charge in [-0.15, -0.1) is 0 Å². The summed E-state index contributed by atoms with van der Waals surface area (Å²) in [6.45, 7) is 5.69. The molecule has 2 aromatic heterocycles. The molecule has 148 valence electrons. The molecule has 28 heavy (non-hydrogen) atoms. The monoisotopic (exact) mass is 388 g/mol. The van der Waals surface area contributed by atoms with Crippen LogP contribution in [0.2, 0.25) is 0 Å². The van der Waals surface area contributed by atoms with Crippen LogP contribution in [0.25, 0.3) is 21.9 Å². The number of fused-ring (bicyclic) bond motifs is 2. The van der Waals surface area contributed by atoms with E-state index in [4.69, 9.17) is 23.0 Å². The Kier molecular flexibility index (Phi) is 5.13. The summed E-state index contributed by atoms with van der Waals surface area (Å²) in [4.78, 5) is 34.5. The quantitative estimate of drug-likeness (QED) is 0.468. The van der Waals surface area contributed by atoms with Crippen LogP contribution in [0.1, 0.15) is 27.7 Å². The number of carbonyl (C=O) groups excluding carboxylic acids is 2. The van der Waals surface area contributed by atoms with Crippen molar-refractivity contribution >= 4 is 33.9 Å². The molecule has 3 rings (SSSR count). The molecule has 0 amide bonds. The summed E-state index contributed by atoms with van der Waals surface area (Å²) in [5.74, 6) is -0.640. The van der Waals surface area contributed by atoms with Gasteiger partial charge in [0.15, 0.2) is 6.10 Å². The van der Waals surface area contributed by atoms with E-state index in [1.165, 1.54) is 26.2 Å². The zero-order chi connectivity index (χ0) is 20.5. The summed E-state index contributed by atoms with van der Waals surface area (Å²) < 4.78 is 27.2. The van der Waals surface area contributed by atoms with E-state index >= 15 is 0 Å². The Bertz CT molecular complexity index is 1090. The molecule has 0 N–H and O–H groups in total. The maximum Gasteiger partial charge on any atom is 0.336 e. The zero-order valence-corrected chi connectivity index (χ0v) is 15.9. The van der Waals surface area contributed by atoms with Crippen LogP contribution >= 0.6 is 0 Å². The predicted molar refractivity (Wildman–Crippen MR) is 99.2 cm³/mol. The van der Waals surface area contributed by atoms with E-state index in [-0.39, 0.29) is 6.61 Å². The minimum absolute atomic E-state index is 0.0988. The molecule has 3 aromatic rings. The number of hydrogen-bond donors (Lipinski definition) is 0. The molecule has 0 aliphatic heterocycles. The average molecular weight is 388 g/mol. The molecule has 0 saturated heterocycles. The maximum absolute atomic E-state index is 11.5. The van der Waals surface area contributed by atoms with Gasteiger partial charge in [0, 0.05) is 26.0 Å². The van der Waals surface area contributed by atoms with Gasteiger partial charge in [-0.05, 0) is 26.0 Å². The summed E-state index contributed by atoms with van der Waals surface area (Å²) in [5, 5.41) is 1.22. The second kappa shape index (κ2) is 7.38. The molecule has 0 saturated carbocycles. The summed E-state index contributed by atoms with van der Waals surface area (Å²) in [5.41, 5.74) is -0.851. The molecular formula is C20H20O8. The van der Waals surface area contributed by atoms with E-state index in [0.717, 1.165) is 0 Å². The van der Waals surface area contributed by atoms with Crippen LogP contribution in [-0.4, -0.2) is 30.3 Å². The lowest BCUT2D eigenvalue weighted by molar-refractivity contribution is -0.181. The molecule has 0 aliphatic rings. The largest absolute Gasteiger partial charge is 0.488 e. The highest BCUT2D eigenvalue weighted by molar-refractivity contribution is 6.01. The van der Waals surface area contributed by atoms with Crippen molar-refractivity contribution in [3.63, 3.8) is 0 Å². The van der Waals surface area contributed by atoms with E-state index in [1.807, 2.05) is 0 Å². The molecule has 8 heteroatoms. The summed E-state index contributed by atoms with van der Waals surface area (Å²) in [6, 6.07) is 6.19. The highest BCUT2D eigenvalue weighted by Gasteiger charge is 2.36. The molecule has 0 unspecified atom stereocenters. The number of carbonyl (C=O) groups is 2. The lowest BCUT2D eigenvalue weighted by Gasteiger charge is -2.32. The van der Waals surface area contributed by atoms with Crippen molar-refractivity contribution in [2.45, 2.75) is 39.4 Å². The Hall–Kier alpha value is -3.29. The third-order valence-electron chi connectivity index (χ3n) is 4.18. The van der Waals surface area contributed by atoms with Gasteiger partial charge in [0.2, 0.25) is 0 Å². The van der Waals surface area contributed by atoms with Crippen LogP contribution in [0, 0.1) is 0 Å². The van der Waals surface area contributed by atoms with Crippen molar-refractivity contribution in [3.8, 4) is 5.75 Å². The maximum atomic E-state index is 11.5. The standard InChI is InChI=1S/C20H20O8/c1-11(21)26-17(20(3,4)28-12(2)22)10-25-19-13-5-6-18(23)27-16(13)9-15-14(19)7-8-24-15/h5-9,17H,10H2,1-4H3/t17-/m1/s1. The van der Waals surface area contributed by atoms with Crippen LogP contribution in [0.4, 0.5) is 0 Å². The van der Waals surface area contributed by atoms with E-state index in [2.05, 4.69) is 0 Å². The second-order valence-corrected chi connectivity index (χ2v) is 6.81. The van der Waals surface area contributed by atoms with E-state index in [0.29, 0.717) is 27.7 Å². The minimum atomic E-state index is -1.12. The molecule has 0 spiro atoms. The highest BCUT2D eigenvalue weighted by Crippen LogP contribution is 2.35. The molecule has 1 aromatic carbocycles. The van der Waals surface area contributed by atoms with E-state index < -0.39 is 29.3 Å².